The second-order valence-electron chi connectivity index (χ2n) is 4.77. The van der Waals surface area contributed by atoms with Gasteiger partial charge in [-0.15, -0.1) is 0 Å². The smallest absolute Gasteiger partial charge is 0.239 e. The van der Waals surface area contributed by atoms with Gasteiger partial charge < -0.3 is 5.32 Å². The summed E-state index contributed by atoms with van der Waals surface area (Å²) in [7, 11) is -3.76. The number of rotatable bonds is 5. The van der Waals surface area contributed by atoms with Gasteiger partial charge >= 0.3 is 0 Å². The topological polar surface area (TPSA) is 63.2 Å². The van der Waals surface area contributed by atoms with E-state index in [4.69, 9.17) is 34.8 Å². The van der Waals surface area contributed by atoms with Crippen LogP contribution in [0.4, 0.5) is 5.69 Å². The average molecular weight is 393 g/mol. The van der Waals surface area contributed by atoms with E-state index in [9.17, 15) is 13.2 Å². The van der Waals surface area contributed by atoms with Gasteiger partial charge in [0.1, 0.15) is 5.75 Å². The van der Waals surface area contributed by atoms with Gasteiger partial charge in [0.05, 0.1) is 15.8 Å². The van der Waals surface area contributed by atoms with E-state index in [2.05, 4.69) is 5.32 Å². The zero-order valence-corrected chi connectivity index (χ0v) is 14.8. The van der Waals surface area contributed by atoms with E-state index in [1.54, 1.807) is 30.3 Å². The minimum absolute atomic E-state index is 0.0752. The van der Waals surface area contributed by atoms with Crippen molar-refractivity contribution in [2.45, 2.75) is 5.75 Å². The van der Waals surface area contributed by atoms with E-state index in [0.717, 1.165) is 0 Å². The number of para-hydroxylation sites is 1. The molecule has 23 heavy (non-hydrogen) atoms. The second-order valence-corrected chi connectivity index (χ2v) is 8.03. The summed E-state index contributed by atoms with van der Waals surface area (Å²) in [6.07, 6.45) is 0. The Bertz CT molecular complexity index is 823. The highest BCUT2D eigenvalue weighted by molar-refractivity contribution is 7.91. The fourth-order valence-corrected chi connectivity index (χ4v) is 4.04. The molecular weight excluding hydrogens is 381 g/mol. The molecule has 0 aromatic heterocycles. The molecule has 2 aromatic rings. The van der Waals surface area contributed by atoms with Crippen LogP contribution in [-0.2, 0) is 20.4 Å². The van der Waals surface area contributed by atoms with Crippen molar-refractivity contribution in [2.24, 2.45) is 0 Å². The maximum absolute atomic E-state index is 12.2. The zero-order valence-electron chi connectivity index (χ0n) is 11.7. The first-order valence-corrected chi connectivity index (χ1v) is 9.42. The minimum Gasteiger partial charge on any atom is -0.325 e. The molecule has 0 bridgehead atoms. The van der Waals surface area contributed by atoms with Gasteiger partial charge in [-0.1, -0.05) is 53.0 Å². The fraction of sp³-hybridized carbons (Fsp3) is 0.133. The summed E-state index contributed by atoms with van der Waals surface area (Å²) in [5.41, 5.74) is 0.708. The number of benzene rings is 2. The van der Waals surface area contributed by atoms with Gasteiger partial charge in [-0.05, 0) is 24.3 Å². The third kappa shape index (κ3) is 5.11. The van der Waals surface area contributed by atoms with E-state index in [1.165, 1.54) is 12.1 Å². The maximum atomic E-state index is 12.2. The molecule has 0 fully saturated rings. The summed E-state index contributed by atoms with van der Waals surface area (Å²) in [4.78, 5) is 11.9. The molecular formula is C15H12Cl3NO3S. The number of carbonyl (C=O) groups is 1. The minimum atomic E-state index is -3.76. The van der Waals surface area contributed by atoms with Crippen LogP contribution in [0.1, 0.15) is 5.56 Å². The summed E-state index contributed by atoms with van der Waals surface area (Å²) < 4.78 is 24.4. The van der Waals surface area contributed by atoms with Crippen molar-refractivity contribution >= 4 is 56.2 Å². The van der Waals surface area contributed by atoms with Crippen LogP contribution in [0.15, 0.2) is 42.5 Å². The molecule has 2 rings (SSSR count). The summed E-state index contributed by atoms with van der Waals surface area (Å²) in [5.74, 6) is -1.78. The van der Waals surface area contributed by atoms with Crippen LogP contribution in [0.5, 0.6) is 0 Å². The lowest BCUT2D eigenvalue weighted by molar-refractivity contribution is -0.113. The van der Waals surface area contributed by atoms with Gasteiger partial charge in [0.2, 0.25) is 5.91 Å². The molecule has 0 saturated heterocycles. The molecule has 0 aliphatic heterocycles. The Balaban J connectivity index is 2.11. The summed E-state index contributed by atoms with van der Waals surface area (Å²) in [6, 6.07) is 11.5. The predicted molar refractivity (Wildman–Crippen MR) is 94.0 cm³/mol. The SMILES string of the molecule is O=C(CS(=O)(=O)Cc1c(Cl)ccc(Cl)c1Cl)Nc1ccccc1. The molecule has 0 unspecified atom stereocenters. The predicted octanol–water partition coefficient (Wildman–Crippen LogP) is 4.20. The van der Waals surface area contributed by atoms with E-state index in [-0.39, 0.29) is 20.6 Å². The van der Waals surface area contributed by atoms with Crippen molar-refractivity contribution in [1.29, 1.82) is 0 Å². The van der Waals surface area contributed by atoms with Crippen LogP contribution in [0, 0.1) is 0 Å². The van der Waals surface area contributed by atoms with Gasteiger partial charge in [0, 0.05) is 16.3 Å². The molecule has 0 saturated carbocycles. The Labute approximate surface area is 149 Å². The Morgan fingerprint density at radius 3 is 2.22 bits per heavy atom. The van der Waals surface area contributed by atoms with E-state index in [0.29, 0.717) is 5.69 Å². The third-order valence-corrected chi connectivity index (χ3v) is 5.54. The summed E-state index contributed by atoms with van der Waals surface area (Å²) in [6.45, 7) is 0. The van der Waals surface area contributed by atoms with Crippen LogP contribution in [0.25, 0.3) is 0 Å². The molecule has 4 nitrogen and oxygen atoms in total. The van der Waals surface area contributed by atoms with Crippen molar-refractivity contribution in [3.8, 4) is 0 Å². The van der Waals surface area contributed by atoms with Crippen molar-refractivity contribution < 1.29 is 13.2 Å². The molecule has 0 radical (unpaired) electrons. The van der Waals surface area contributed by atoms with E-state index >= 15 is 0 Å². The van der Waals surface area contributed by atoms with Crippen LogP contribution >= 0.6 is 34.8 Å². The number of nitrogens with one attached hydrogen (secondary N) is 1. The highest BCUT2D eigenvalue weighted by atomic mass is 35.5. The number of hydrogen-bond acceptors (Lipinski definition) is 3. The number of anilines is 1. The highest BCUT2D eigenvalue weighted by Gasteiger charge is 2.21. The number of sulfone groups is 1. The van der Waals surface area contributed by atoms with Crippen LogP contribution in [0.3, 0.4) is 0 Å². The lowest BCUT2D eigenvalue weighted by atomic mass is 10.2. The molecule has 1 amide bonds. The number of amides is 1. The lowest BCUT2D eigenvalue weighted by Crippen LogP contribution is -2.24. The molecule has 2 aromatic carbocycles. The Morgan fingerprint density at radius 2 is 1.57 bits per heavy atom. The van der Waals surface area contributed by atoms with Crippen LogP contribution in [0.2, 0.25) is 15.1 Å². The van der Waals surface area contributed by atoms with Crippen LogP contribution < -0.4 is 5.32 Å². The molecule has 0 aliphatic rings. The quantitative estimate of drug-likeness (QED) is 0.776. The number of halogens is 3. The lowest BCUT2D eigenvalue weighted by Gasteiger charge is -2.10. The Kier molecular flexibility index (Phi) is 5.92. The van der Waals surface area contributed by atoms with Gasteiger partial charge in [0.15, 0.2) is 9.84 Å². The molecule has 0 atom stereocenters. The first kappa shape index (κ1) is 18.1. The standard InChI is InChI=1S/C15H12Cl3NO3S/c16-12-6-7-13(17)15(18)11(12)8-23(21,22)9-14(20)19-10-4-2-1-3-5-10/h1-7H,8-9H2,(H,19,20). The molecule has 0 spiro atoms. The van der Waals surface area contributed by atoms with Crippen LogP contribution in [-0.4, -0.2) is 20.1 Å². The Morgan fingerprint density at radius 1 is 0.957 bits per heavy atom. The summed E-state index contributed by atoms with van der Waals surface area (Å²) in [5, 5.41) is 2.98. The van der Waals surface area contributed by atoms with Crippen molar-refractivity contribution in [1.82, 2.24) is 0 Å². The molecule has 1 N–H and O–H groups in total. The zero-order chi connectivity index (χ0) is 17.0. The Hall–Kier alpha value is -1.27. The van der Waals surface area contributed by atoms with E-state index in [1.807, 2.05) is 0 Å². The normalized spacial score (nSPS) is 11.3. The first-order chi connectivity index (χ1) is 10.8. The number of carbonyl (C=O) groups excluding carboxylic acids is 1. The second kappa shape index (κ2) is 7.53. The average Bonchev–Trinajstić information content (AvgIpc) is 2.48. The van der Waals surface area contributed by atoms with Gasteiger partial charge in [-0.3, -0.25) is 4.79 Å². The molecule has 122 valence electrons. The fourth-order valence-electron chi connectivity index (χ4n) is 1.89. The van der Waals surface area contributed by atoms with Gasteiger partial charge in [0.25, 0.3) is 0 Å². The first-order valence-electron chi connectivity index (χ1n) is 6.46. The summed E-state index contributed by atoms with van der Waals surface area (Å²) >= 11 is 17.8. The molecule has 8 heteroatoms. The van der Waals surface area contributed by atoms with Crippen molar-refractivity contribution in [2.75, 3.05) is 11.1 Å². The molecule has 0 heterocycles. The molecule has 0 aliphatic carbocycles. The van der Waals surface area contributed by atoms with Crippen molar-refractivity contribution in [3.63, 3.8) is 0 Å². The number of hydrogen-bond donors (Lipinski definition) is 1. The van der Waals surface area contributed by atoms with Gasteiger partial charge in [-0.2, -0.15) is 0 Å². The largest absolute Gasteiger partial charge is 0.325 e. The van der Waals surface area contributed by atoms with Gasteiger partial charge in [-0.25, -0.2) is 8.42 Å². The van der Waals surface area contributed by atoms with Crippen molar-refractivity contribution in [3.05, 3.63) is 63.1 Å². The maximum Gasteiger partial charge on any atom is 0.239 e. The third-order valence-electron chi connectivity index (χ3n) is 2.91. The monoisotopic (exact) mass is 391 g/mol. The van der Waals surface area contributed by atoms with E-state index < -0.39 is 27.3 Å². The highest BCUT2D eigenvalue weighted by Crippen LogP contribution is 2.32.